The lowest BCUT2D eigenvalue weighted by molar-refractivity contribution is 0.0552. The number of aromatic amines is 1. The first-order valence-corrected chi connectivity index (χ1v) is 10.2. The lowest BCUT2D eigenvalue weighted by Gasteiger charge is -2.27. The number of benzene rings is 2. The Hall–Kier alpha value is -3.22. The number of ketones is 1. The van der Waals surface area contributed by atoms with Crippen LogP contribution in [0.4, 0.5) is 0 Å². The summed E-state index contributed by atoms with van der Waals surface area (Å²) in [4.78, 5) is 21.0. The molecule has 2 aromatic carbocycles. The van der Waals surface area contributed by atoms with Gasteiger partial charge in [0, 0.05) is 23.4 Å². The van der Waals surface area contributed by atoms with E-state index in [0.717, 1.165) is 45.9 Å². The van der Waals surface area contributed by atoms with Crippen LogP contribution in [-0.2, 0) is 4.74 Å². The maximum atomic E-state index is 12.6. The second kappa shape index (κ2) is 7.55. The van der Waals surface area contributed by atoms with Crippen LogP contribution in [0.15, 0.2) is 54.6 Å². The minimum Gasteiger partial charge on any atom is -0.377 e. The van der Waals surface area contributed by atoms with Crippen molar-refractivity contribution in [1.29, 1.82) is 0 Å². The first-order valence-electron chi connectivity index (χ1n) is 10.2. The molecule has 1 unspecified atom stereocenters. The molecule has 5 rings (SSSR count). The first kappa shape index (κ1) is 18.8. The van der Waals surface area contributed by atoms with Gasteiger partial charge in [0.05, 0.1) is 29.9 Å². The first-order chi connectivity index (χ1) is 14.6. The number of fused-ring (bicyclic) bond motifs is 1. The lowest BCUT2D eigenvalue weighted by atomic mass is 9.97. The molecule has 6 nitrogen and oxygen atoms in total. The largest absolute Gasteiger partial charge is 0.377 e. The summed E-state index contributed by atoms with van der Waals surface area (Å²) in [7, 11) is 0. The predicted molar refractivity (Wildman–Crippen MR) is 118 cm³/mol. The zero-order valence-corrected chi connectivity index (χ0v) is 17.1. The highest BCUT2D eigenvalue weighted by Gasteiger charge is 2.28. The minimum atomic E-state index is -0.0332. The number of nitrogens with zero attached hydrogens (tertiary/aromatic N) is 2. The van der Waals surface area contributed by atoms with Crippen LogP contribution in [0.5, 0.6) is 0 Å². The van der Waals surface area contributed by atoms with E-state index in [-0.39, 0.29) is 11.9 Å². The van der Waals surface area contributed by atoms with E-state index in [9.17, 15) is 4.79 Å². The van der Waals surface area contributed by atoms with Crippen molar-refractivity contribution >= 4 is 16.8 Å². The van der Waals surface area contributed by atoms with Gasteiger partial charge in [-0.2, -0.15) is 0 Å². The summed E-state index contributed by atoms with van der Waals surface area (Å²) >= 11 is 0. The fourth-order valence-electron chi connectivity index (χ4n) is 4.38. The van der Waals surface area contributed by atoms with Crippen LogP contribution in [0, 0.1) is 6.92 Å². The van der Waals surface area contributed by atoms with Gasteiger partial charge in [-0.1, -0.05) is 42.5 Å². The number of aromatic nitrogens is 3. The van der Waals surface area contributed by atoms with Gasteiger partial charge in [-0.05, 0) is 31.5 Å². The van der Waals surface area contributed by atoms with E-state index in [1.807, 2.05) is 55.5 Å². The molecular formula is C24H24N4O2. The molecule has 0 aliphatic carbocycles. The number of H-pyrrole nitrogens is 1. The number of ether oxygens (including phenoxy) is 1. The minimum absolute atomic E-state index is 0.0332. The third-order valence-electron chi connectivity index (χ3n) is 5.64. The van der Waals surface area contributed by atoms with Crippen molar-refractivity contribution < 1.29 is 9.53 Å². The zero-order chi connectivity index (χ0) is 20.7. The molecule has 1 aliphatic heterocycles. The van der Waals surface area contributed by atoms with Crippen molar-refractivity contribution in [2.75, 3.05) is 19.8 Å². The van der Waals surface area contributed by atoms with Gasteiger partial charge in [0.15, 0.2) is 11.6 Å². The van der Waals surface area contributed by atoms with Gasteiger partial charge in [0.25, 0.3) is 0 Å². The van der Waals surface area contributed by atoms with Crippen LogP contribution in [0.25, 0.3) is 33.7 Å². The molecule has 1 atom stereocenters. The van der Waals surface area contributed by atoms with Crippen molar-refractivity contribution in [2.45, 2.75) is 20.0 Å². The van der Waals surface area contributed by atoms with E-state index in [1.54, 1.807) is 6.92 Å². The molecule has 0 bridgehead atoms. The SMILES string of the molecule is CC(=O)c1c(C)[nH]c(-c2nc3ccccc3n2C2COCCN2)c1-c1ccccc1. The summed E-state index contributed by atoms with van der Waals surface area (Å²) in [5.74, 6) is 0.837. The Kier molecular flexibility index (Phi) is 4.73. The highest BCUT2D eigenvalue weighted by Crippen LogP contribution is 2.38. The molecule has 2 aromatic heterocycles. The third-order valence-corrected chi connectivity index (χ3v) is 5.64. The smallest absolute Gasteiger partial charge is 0.162 e. The molecule has 0 amide bonds. The fraction of sp³-hybridized carbons (Fsp3) is 0.250. The van der Waals surface area contributed by atoms with Gasteiger partial charge in [-0.15, -0.1) is 0 Å². The third kappa shape index (κ3) is 3.05. The number of carbonyl (C=O) groups is 1. The molecule has 0 spiro atoms. The molecule has 1 saturated heterocycles. The maximum absolute atomic E-state index is 12.6. The monoisotopic (exact) mass is 400 g/mol. The van der Waals surface area contributed by atoms with Crippen molar-refractivity contribution in [3.63, 3.8) is 0 Å². The number of imidazole rings is 1. The van der Waals surface area contributed by atoms with Crippen LogP contribution in [0.3, 0.4) is 0 Å². The fourth-order valence-corrected chi connectivity index (χ4v) is 4.38. The summed E-state index contributed by atoms with van der Waals surface area (Å²) in [5, 5.41) is 3.54. The number of hydrogen-bond acceptors (Lipinski definition) is 4. The van der Waals surface area contributed by atoms with E-state index in [2.05, 4.69) is 20.9 Å². The Balaban J connectivity index is 1.81. The van der Waals surface area contributed by atoms with Crippen molar-refractivity contribution in [2.24, 2.45) is 0 Å². The number of rotatable bonds is 4. The van der Waals surface area contributed by atoms with Gasteiger partial charge < -0.3 is 14.3 Å². The maximum Gasteiger partial charge on any atom is 0.162 e. The van der Waals surface area contributed by atoms with E-state index in [4.69, 9.17) is 9.72 Å². The van der Waals surface area contributed by atoms with Crippen molar-refractivity contribution in [3.8, 4) is 22.6 Å². The van der Waals surface area contributed by atoms with Gasteiger partial charge in [-0.25, -0.2) is 4.98 Å². The summed E-state index contributed by atoms with van der Waals surface area (Å²) in [6.07, 6.45) is -0.0332. The van der Waals surface area contributed by atoms with Crippen LogP contribution in [-0.4, -0.2) is 40.1 Å². The van der Waals surface area contributed by atoms with Crippen LogP contribution in [0.1, 0.15) is 29.1 Å². The van der Waals surface area contributed by atoms with E-state index < -0.39 is 0 Å². The highest BCUT2D eigenvalue weighted by atomic mass is 16.5. The molecule has 3 heterocycles. The number of aryl methyl sites for hydroxylation is 1. The molecule has 4 aromatic rings. The molecule has 30 heavy (non-hydrogen) atoms. The van der Waals surface area contributed by atoms with Crippen LogP contribution < -0.4 is 5.32 Å². The van der Waals surface area contributed by atoms with Crippen molar-refractivity contribution in [3.05, 3.63) is 65.9 Å². The Labute approximate surface area is 174 Å². The van der Waals surface area contributed by atoms with Gasteiger partial charge >= 0.3 is 0 Å². The molecule has 1 aliphatic rings. The van der Waals surface area contributed by atoms with Gasteiger partial charge in [-0.3, -0.25) is 10.1 Å². The average molecular weight is 400 g/mol. The van der Waals surface area contributed by atoms with Gasteiger partial charge in [0.2, 0.25) is 0 Å². The number of para-hydroxylation sites is 2. The summed E-state index contributed by atoms with van der Waals surface area (Å²) in [5.41, 5.74) is 6.25. The van der Waals surface area contributed by atoms with Crippen molar-refractivity contribution in [1.82, 2.24) is 19.9 Å². The standard InChI is InChI=1S/C24H24N4O2/c1-15-21(16(2)29)22(17-8-4-3-5-9-17)23(26-15)24-27-18-10-6-7-11-19(18)28(24)20-14-30-13-12-25-20/h3-11,20,25-26H,12-14H2,1-2H3. The van der Waals surface area contributed by atoms with E-state index in [0.29, 0.717) is 18.8 Å². The molecular weight excluding hydrogens is 376 g/mol. The second-order valence-corrected chi connectivity index (χ2v) is 7.64. The second-order valence-electron chi connectivity index (χ2n) is 7.64. The normalized spacial score (nSPS) is 16.8. The number of nitrogens with one attached hydrogen (secondary N) is 2. The zero-order valence-electron chi connectivity index (χ0n) is 17.1. The average Bonchev–Trinajstić information content (AvgIpc) is 3.32. The van der Waals surface area contributed by atoms with E-state index >= 15 is 0 Å². The number of morpholine rings is 1. The number of Topliss-reactive ketones (excluding diaryl/α,β-unsaturated/α-hetero) is 1. The molecule has 0 saturated carbocycles. The van der Waals surface area contributed by atoms with Crippen LogP contribution >= 0.6 is 0 Å². The predicted octanol–water partition coefficient (Wildman–Crippen LogP) is 4.33. The quantitative estimate of drug-likeness (QED) is 0.500. The topological polar surface area (TPSA) is 71.9 Å². The Morgan fingerprint density at radius 3 is 2.63 bits per heavy atom. The van der Waals surface area contributed by atoms with Gasteiger partial charge in [0.1, 0.15) is 6.17 Å². The lowest BCUT2D eigenvalue weighted by Crippen LogP contribution is -2.38. The number of hydrogen-bond donors (Lipinski definition) is 2. The number of carbonyl (C=O) groups excluding carboxylic acids is 1. The molecule has 1 fully saturated rings. The highest BCUT2D eigenvalue weighted by molar-refractivity contribution is 6.05. The molecule has 6 heteroatoms. The molecule has 0 radical (unpaired) electrons. The summed E-state index contributed by atoms with van der Waals surface area (Å²) in [6.45, 7) is 5.61. The Morgan fingerprint density at radius 2 is 1.90 bits per heavy atom. The molecule has 152 valence electrons. The molecule has 2 N–H and O–H groups in total. The summed E-state index contributed by atoms with van der Waals surface area (Å²) in [6, 6.07) is 18.1. The van der Waals surface area contributed by atoms with Crippen LogP contribution in [0.2, 0.25) is 0 Å². The van der Waals surface area contributed by atoms with E-state index in [1.165, 1.54) is 0 Å². The Morgan fingerprint density at radius 1 is 1.13 bits per heavy atom. The Bertz CT molecular complexity index is 1220. The summed E-state index contributed by atoms with van der Waals surface area (Å²) < 4.78 is 7.94.